The fraction of sp³-hybridized carbons (Fsp3) is 0.875. The Labute approximate surface area is 85.0 Å². The molecule has 78 valence electrons. The topological polar surface area (TPSA) is 67.1 Å². The molecule has 1 rings (SSSR count). The molecule has 1 aliphatic heterocycles. The molecule has 1 heterocycles. The van der Waals surface area contributed by atoms with Crippen molar-refractivity contribution in [3.8, 4) is 0 Å². The Balaban J connectivity index is 0.00000144. The summed E-state index contributed by atoms with van der Waals surface area (Å²) in [4.78, 5) is 11.4. The van der Waals surface area contributed by atoms with Gasteiger partial charge in [0.05, 0.1) is 6.04 Å². The number of nitrogens with two attached hydrogens (primary N) is 1. The maximum atomic E-state index is 11.4. The lowest BCUT2D eigenvalue weighted by Crippen LogP contribution is -2.46. The van der Waals surface area contributed by atoms with E-state index in [-0.39, 0.29) is 30.4 Å². The van der Waals surface area contributed by atoms with E-state index < -0.39 is 0 Å². The van der Waals surface area contributed by atoms with Crippen LogP contribution in [0.15, 0.2) is 0 Å². The number of halogens is 1. The molecule has 4 N–H and O–H groups in total. The van der Waals surface area contributed by atoms with Gasteiger partial charge in [0, 0.05) is 12.6 Å². The lowest BCUT2D eigenvalue weighted by Gasteiger charge is -2.15. The molecule has 0 unspecified atom stereocenters. The fourth-order valence-electron chi connectivity index (χ4n) is 1.31. The highest BCUT2D eigenvalue weighted by atomic mass is 35.5. The lowest BCUT2D eigenvalue weighted by molar-refractivity contribution is -0.123. The van der Waals surface area contributed by atoms with Crippen LogP contribution >= 0.6 is 12.4 Å². The summed E-state index contributed by atoms with van der Waals surface area (Å²) in [6.07, 6.45) is 2.04. The van der Waals surface area contributed by atoms with Crippen LogP contribution in [0.2, 0.25) is 0 Å². The van der Waals surface area contributed by atoms with Crippen LogP contribution in [-0.4, -0.2) is 31.1 Å². The number of nitrogens with one attached hydrogen (secondary N) is 2. The molecule has 0 aromatic heterocycles. The number of amides is 1. The van der Waals surface area contributed by atoms with Crippen LogP contribution in [0.25, 0.3) is 0 Å². The Hall–Kier alpha value is -0.320. The van der Waals surface area contributed by atoms with Crippen LogP contribution in [-0.2, 0) is 4.79 Å². The minimum absolute atomic E-state index is 0. The van der Waals surface area contributed by atoms with Crippen LogP contribution in [0, 0.1) is 0 Å². The van der Waals surface area contributed by atoms with Crippen LogP contribution in [0.5, 0.6) is 0 Å². The third-order valence-electron chi connectivity index (χ3n) is 2.12. The van der Waals surface area contributed by atoms with E-state index in [0.717, 1.165) is 19.4 Å². The van der Waals surface area contributed by atoms with Crippen LogP contribution < -0.4 is 16.4 Å². The van der Waals surface area contributed by atoms with E-state index in [4.69, 9.17) is 5.73 Å². The highest BCUT2D eigenvalue weighted by Crippen LogP contribution is 2.04. The van der Waals surface area contributed by atoms with E-state index >= 15 is 0 Å². The second kappa shape index (κ2) is 6.18. The van der Waals surface area contributed by atoms with Gasteiger partial charge in [-0.15, -0.1) is 12.4 Å². The number of carbonyl (C=O) groups is 1. The zero-order chi connectivity index (χ0) is 8.97. The van der Waals surface area contributed by atoms with Crippen molar-refractivity contribution in [2.75, 3.05) is 13.1 Å². The molecule has 1 fully saturated rings. The molecule has 0 aromatic rings. The number of hydrogen-bond acceptors (Lipinski definition) is 3. The van der Waals surface area contributed by atoms with Crippen molar-refractivity contribution in [3.05, 3.63) is 0 Å². The van der Waals surface area contributed by atoms with Gasteiger partial charge in [0.2, 0.25) is 5.91 Å². The molecular weight excluding hydrogens is 190 g/mol. The van der Waals surface area contributed by atoms with Crippen molar-refractivity contribution in [1.29, 1.82) is 0 Å². The molecule has 1 amide bonds. The highest BCUT2D eigenvalue weighted by Gasteiger charge is 2.22. The Morgan fingerprint density at radius 3 is 2.92 bits per heavy atom. The van der Waals surface area contributed by atoms with Gasteiger partial charge in [0.15, 0.2) is 0 Å². The van der Waals surface area contributed by atoms with Crippen molar-refractivity contribution in [2.45, 2.75) is 31.8 Å². The van der Waals surface area contributed by atoms with Gasteiger partial charge in [-0.3, -0.25) is 4.79 Å². The zero-order valence-electron chi connectivity index (χ0n) is 7.88. The maximum Gasteiger partial charge on any atom is 0.237 e. The molecule has 0 saturated carbocycles. The van der Waals surface area contributed by atoms with E-state index in [0.29, 0.717) is 6.54 Å². The molecule has 0 aromatic carbocycles. The van der Waals surface area contributed by atoms with Gasteiger partial charge in [-0.25, -0.2) is 0 Å². The summed E-state index contributed by atoms with van der Waals surface area (Å²) < 4.78 is 0. The summed E-state index contributed by atoms with van der Waals surface area (Å²) in [6, 6.07) is 0.0962. The number of hydrogen-bond donors (Lipinski definition) is 3. The van der Waals surface area contributed by atoms with Crippen molar-refractivity contribution < 1.29 is 4.79 Å². The number of rotatable bonds is 3. The van der Waals surface area contributed by atoms with Crippen LogP contribution in [0.4, 0.5) is 0 Å². The first-order valence-corrected chi connectivity index (χ1v) is 4.48. The third-order valence-corrected chi connectivity index (χ3v) is 2.12. The Bertz CT molecular complexity index is 159. The van der Waals surface area contributed by atoms with Gasteiger partial charge < -0.3 is 16.4 Å². The number of carbonyl (C=O) groups excluding carboxylic acids is 1. The molecular formula is C8H18ClN3O. The van der Waals surface area contributed by atoms with E-state index in [1.54, 1.807) is 0 Å². The first kappa shape index (κ1) is 12.7. The van der Waals surface area contributed by atoms with Gasteiger partial charge in [-0.05, 0) is 26.3 Å². The summed E-state index contributed by atoms with van der Waals surface area (Å²) in [5, 5.41) is 5.98. The molecule has 5 heteroatoms. The van der Waals surface area contributed by atoms with E-state index in [9.17, 15) is 4.79 Å². The largest absolute Gasteiger partial charge is 0.351 e. The standard InChI is InChI=1S/C8H17N3O.ClH/c1-6(5-9)11-8(12)7-3-2-4-10-7;/h6-7,10H,2-5,9H2,1H3,(H,11,12);1H/t6-,7+;/m0./s1. The Kier molecular flexibility index (Phi) is 6.03. The van der Waals surface area contributed by atoms with Crippen molar-refractivity contribution in [1.82, 2.24) is 10.6 Å². The SMILES string of the molecule is C[C@@H](CN)NC(=O)[C@H]1CCCN1.Cl. The summed E-state index contributed by atoms with van der Waals surface area (Å²) in [5.74, 6) is 0.0884. The average molecular weight is 208 g/mol. The summed E-state index contributed by atoms with van der Waals surface area (Å²) in [6.45, 7) is 3.36. The predicted molar refractivity (Wildman–Crippen MR) is 54.9 cm³/mol. The molecule has 0 spiro atoms. The van der Waals surface area contributed by atoms with Gasteiger partial charge in [0.1, 0.15) is 0 Å². The average Bonchev–Trinajstić information content (AvgIpc) is 2.56. The zero-order valence-corrected chi connectivity index (χ0v) is 8.69. The van der Waals surface area contributed by atoms with Crippen molar-refractivity contribution in [3.63, 3.8) is 0 Å². The summed E-state index contributed by atoms with van der Waals surface area (Å²) in [7, 11) is 0. The highest BCUT2D eigenvalue weighted by molar-refractivity contribution is 5.85. The molecule has 13 heavy (non-hydrogen) atoms. The van der Waals surface area contributed by atoms with Crippen LogP contribution in [0.1, 0.15) is 19.8 Å². The minimum Gasteiger partial charge on any atom is -0.351 e. The second-order valence-corrected chi connectivity index (χ2v) is 3.29. The summed E-state index contributed by atoms with van der Waals surface area (Å²) in [5.41, 5.74) is 5.38. The lowest BCUT2D eigenvalue weighted by atomic mass is 10.2. The molecule has 2 atom stereocenters. The van der Waals surface area contributed by atoms with E-state index in [1.165, 1.54) is 0 Å². The molecule has 0 aliphatic carbocycles. The smallest absolute Gasteiger partial charge is 0.237 e. The normalized spacial score (nSPS) is 23.4. The maximum absolute atomic E-state index is 11.4. The van der Waals surface area contributed by atoms with Crippen molar-refractivity contribution >= 4 is 18.3 Å². The van der Waals surface area contributed by atoms with Gasteiger partial charge >= 0.3 is 0 Å². The monoisotopic (exact) mass is 207 g/mol. The molecule has 1 aliphatic rings. The van der Waals surface area contributed by atoms with Gasteiger partial charge in [0.25, 0.3) is 0 Å². The Morgan fingerprint density at radius 2 is 2.46 bits per heavy atom. The predicted octanol–water partition coefficient (Wildman–Crippen LogP) is -0.376. The van der Waals surface area contributed by atoms with E-state index in [1.807, 2.05) is 6.92 Å². The molecule has 0 bridgehead atoms. The first-order chi connectivity index (χ1) is 5.74. The third kappa shape index (κ3) is 3.93. The summed E-state index contributed by atoms with van der Waals surface area (Å²) >= 11 is 0. The molecule has 1 saturated heterocycles. The molecule has 4 nitrogen and oxygen atoms in total. The molecule has 0 radical (unpaired) electrons. The van der Waals surface area contributed by atoms with Crippen molar-refractivity contribution in [2.24, 2.45) is 5.73 Å². The quantitative estimate of drug-likeness (QED) is 0.592. The van der Waals surface area contributed by atoms with E-state index in [2.05, 4.69) is 10.6 Å². The van der Waals surface area contributed by atoms with Gasteiger partial charge in [-0.2, -0.15) is 0 Å². The minimum atomic E-state index is 0. The van der Waals surface area contributed by atoms with Crippen LogP contribution in [0.3, 0.4) is 0 Å². The second-order valence-electron chi connectivity index (χ2n) is 3.29. The first-order valence-electron chi connectivity index (χ1n) is 4.48. The Morgan fingerprint density at radius 1 is 1.77 bits per heavy atom. The fourth-order valence-corrected chi connectivity index (χ4v) is 1.31. The van der Waals surface area contributed by atoms with Gasteiger partial charge in [-0.1, -0.05) is 0 Å².